The molecule has 0 aromatic carbocycles. The lowest BCUT2D eigenvalue weighted by Crippen LogP contribution is -2.42. The zero-order chi connectivity index (χ0) is 13.1. The Labute approximate surface area is 113 Å². The van der Waals surface area contributed by atoms with Crippen molar-refractivity contribution in [3.63, 3.8) is 0 Å². The quantitative estimate of drug-likeness (QED) is 0.767. The fourth-order valence-electron chi connectivity index (χ4n) is 2.92. The second kappa shape index (κ2) is 5.67. The molecule has 0 saturated carbocycles. The van der Waals surface area contributed by atoms with E-state index < -0.39 is 0 Å². The minimum Gasteiger partial charge on any atom is -0.373 e. The summed E-state index contributed by atoms with van der Waals surface area (Å²) in [5.41, 5.74) is 0. The van der Waals surface area contributed by atoms with Gasteiger partial charge in [0, 0.05) is 19.0 Å². The zero-order valence-electron chi connectivity index (χ0n) is 10.9. The van der Waals surface area contributed by atoms with Gasteiger partial charge in [0.1, 0.15) is 12.2 Å². The molecule has 0 radical (unpaired) electrons. The molecule has 3 heterocycles. The number of rotatable bonds is 4. The summed E-state index contributed by atoms with van der Waals surface area (Å²) < 4.78 is 11.7. The molecule has 2 aliphatic rings. The summed E-state index contributed by atoms with van der Waals surface area (Å²) in [6, 6.07) is 2.16. The highest BCUT2D eigenvalue weighted by Gasteiger charge is 2.45. The van der Waals surface area contributed by atoms with Gasteiger partial charge in [-0.15, -0.1) is 6.58 Å². The number of nitrogens with zero attached hydrogens (tertiary/aromatic N) is 3. The monoisotopic (exact) mass is 261 g/mol. The highest BCUT2D eigenvalue weighted by molar-refractivity contribution is 5.35. The molecule has 0 unspecified atom stereocenters. The summed E-state index contributed by atoms with van der Waals surface area (Å²) in [6.45, 7) is 5.86. The van der Waals surface area contributed by atoms with Gasteiger partial charge in [-0.2, -0.15) is 0 Å². The number of ether oxygens (including phenoxy) is 2. The van der Waals surface area contributed by atoms with Gasteiger partial charge >= 0.3 is 0 Å². The number of hydrogen-bond donors (Lipinski definition) is 0. The van der Waals surface area contributed by atoms with Crippen LogP contribution in [0.15, 0.2) is 31.1 Å². The van der Waals surface area contributed by atoms with Crippen LogP contribution in [0.2, 0.25) is 0 Å². The second-order valence-electron chi connectivity index (χ2n) is 4.91. The third-order valence-electron chi connectivity index (χ3n) is 3.71. The second-order valence-corrected chi connectivity index (χ2v) is 4.91. The third-order valence-corrected chi connectivity index (χ3v) is 3.71. The molecule has 2 fully saturated rings. The lowest BCUT2D eigenvalue weighted by Gasteiger charge is -2.31. The van der Waals surface area contributed by atoms with E-state index >= 15 is 0 Å². The smallest absolute Gasteiger partial charge is 0.225 e. The maximum Gasteiger partial charge on any atom is 0.225 e. The minimum absolute atomic E-state index is 0.0760. The first-order valence-corrected chi connectivity index (χ1v) is 6.78. The molecule has 5 nitrogen and oxygen atoms in total. The highest BCUT2D eigenvalue weighted by Crippen LogP contribution is 2.32. The molecule has 3 rings (SSSR count). The van der Waals surface area contributed by atoms with Crippen molar-refractivity contribution < 1.29 is 9.47 Å². The van der Waals surface area contributed by atoms with Crippen molar-refractivity contribution in [1.82, 2.24) is 9.97 Å². The Morgan fingerprint density at radius 1 is 1.47 bits per heavy atom. The van der Waals surface area contributed by atoms with Gasteiger partial charge in [-0.3, -0.25) is 0 Å². The maximum atomic E-state index is 5.91. The molecule has 2 saturated heterocycles. The van der Waals surface area contributed by atoms with E-state index in [2.05, 4.69) is 21.4 Å². The van der Waals surface area contributed by atoms with Crippen molar-refractivity contribution in [3.05, 3.63) is 31.1 Å². The fourth-order valence-corrected chi connectivity index (χ4v) is 2.92. The first kappa shape index (κ1) is 12.6. The molecule has 0 N–H and O–H groups in total. The van der Waals surface area contributed by atoms with E-state index in [0.29, 0.717) is 12.6 Å². The van der Waals surface area contributed by atoms with Gasteiger partial charge in [0.15, 0.2) is 0 Å². The average Bonchev–Trinajstić information content (AvgIpc) is 2.85. The van der Waals surface area contributed by atoms with Crippen molar-refractivity contribution in [3.8, 4) is 0 Å². The highest BCUT2D eigenvalue weighted by atomic mass is 16.5. The SMILES string of the molecule is C=CCO[C@@H]1CN(c2ncccn2)[C@H]2CCCO[C@@H]12. The van der Waals surface area contributed by atoms with E-state index in [1.165, 1.54) is 0 Å². The summed E-state index contributed by atoms with van der Waals surface area (Å²) in [5.74, 6) is 0.771. The molecule has 0 spiro atoms. The number of hydrogen-bond acceptors (Lipinski definition) is 5. The van der Waals surface area contributed by atoms with Crippen molar-refractivity contribution in [2.45, 2.75) is 31.1 Å². The number of fused-ring (bicyclic) bond motifs is 1. The van der Waals surface area contributed by atoms with Crippen molar-refractivity contribution in [2.75, 3.05) is 24.7 Å². The van der Waals surface area contributed by atoms with E-state index in [4.69, 9.17) is 9.47 Å². The summed E-state index contributed by atoms with van der Waals surface area (Å²) >= 11 is 0. The van der Waals surface area contributed by atoms with E-state index in [9.17, 15) is 0 Å². The standard InChI is InChI=1S/C14H19N3O2/c1-2-8-18-12-10-17(14-15-6-4-7-16-14)11-5-3-9-19-13(11)12/h2,4,6-7,11-13H,1,3,5,8-10H2/t11-,12+,13+/m0/s1. The molecular weight excluding hydrogens is 242 g/mol. The zero-order valence-corrected chi connectivity index (χ0v) is 10.9. The molecule has 3 atom stereocenters. The minimum atomic E-state index is 0.0760. The molecule has 0 bridgehead atoms. The number of anilines is 1. The summed E-state index contributed by atoms with van der Waals surface area (Å²) in [7, 11) is 0. The molecule has 0 aliphatic carbocycles. The Balaban J connectivity index is 1.79. The lowest BCUT2D eigenvalue weighted by atomic mass is 10.0. The van der Waals surface area contributed by atoms with Crippen LogP contribution >= 0.6 is 0 Å². The van der Waals surface area contributed by atoms with Gasteiger partial charge in [0.25, 0.3) is 0 Å². The van der Waals surface area contributed by atoms with Crippen LogP contribution in [0.3, 0.4) is 0 Å². The van der Waals surface area contributed by atoms with Crippen molar-refractivity contribution in [1.29, 1.82) is 0 Å². The third kappa shape index (κ3) is 2.48. The first-order chi connectivity index (χ1) is 9.40. The van der Waals surface area contributed by atoms with E-state index in [1.807, 2.05) is 6.07 Å². The molecule has 1 aromatic rings. The van der Waals surface area contributed by atoms with Crippen LogP contribution in [0.4, 0.5) is 5.95 Å². The Kier molecular flexibility index (Phi) is 3.75. The van der Waals surface area contributed by atoms with Crippen molar-refractivity contribution in [2.24, 2.45) is 0 Å². The topological polar surface area (TPSA) is 47.5 Å². The fraction of sp³-hybridized carbons (Fsp3) is 0.571. The Bertz CT molecular complexity index is 426. The predicted octanol–water partition coefficient (Wildman–Crippen LogP) is 1.42. The molecule has 1 aromatic heterocycles. The van der Waals surface area contributed by atoms with Gasteiger partial charge in [-0.1, -0.05) is 6.08 Å². The molecule has 0 amide bonds. The van der Waals surface area contributed by atoms with Crippen LogP contribution in [0.5, 0.6) is 0 Å². The molecule has 2 aliphatic heterocycles. The van der Waals surface area contributed by atoms with Crippen LogP contribution in [0.25, 0.3) is 0 Å². The van der Waals surface area contributed by atoms with Crippen LogP contribution in [-0.2, 0) is 9.47 Å². The lowest BCUT2D eigenvalue weighted by molar-refractivity contribution is -0.0671. The maximum absolute atomic E-state index is 5.91. The van der Waals surface area contributed by atoms with Crippen LogP contribution in [-0.4, -0.2) is 48.0 Å². The van der Waals surface area contributed by atoms with Gasteiger partial charge in [0.05, 0.1) is 19.2 Å². The first-order valence-electron chi connectivity index (χ1n) is 6.78. The largest absolute Gasteiger partial charge is 0.373 e. The average molecular weight is 261 g/mol. The normalized spacial score (nSPS) is 30.1. The van der Waals surface area contributed by atoms with Crippen molar-refractivity contribution >= 4 is 5.95 Å². The van der Waals surface area contributed by atoms with Gasteiger partial charge in [-0.05, 0) is 18.9 Å². The van der Waals surface area contributed by atoms with Gasteiger partial charge < -0.3 is 14.4 Å². The predicted molar refractivity (Wildman–Crippen MR) is 72.1 cm³/mol. The summed E-state index contributed by atoms with van der Waals surface area (Å²) in [6.07, 6.45) is 7.72. The molecule has 5 heteroatoms. The van der Waals surface area contributed by atoms with Crippen LogP contribution in [0.1, 0.15) is 12.8 Å². The molecule has 19 heavy (non-hydrogen) atoms. The molecule has 102 valence electrons. The Hall–Kier alpha value is -1.46. The Morgan fingerprint density at radius 2 is 2.32 bits per heavy atom. The van der Waals surface area contributed by atoms with Crippen LogP contribution < -0.4 is 4.90 Å². The van der Waals surface area contributed by atoms with E-state index in [1.54, 1.807) is 18.5 Å². The van der Waals surface area contributed by atoms with Crippen LogP contribution in [0, 0.1) is 0 Å². The van der Waals surface area contributed by atoms with E-state index in [-0.39, 0.29) is 12.2 Å². The van der Waals surface area contributed by atoms with E-state index in [0.717, 1.165) is 31.9 Å². The van der Waals surface area contributed by atoms with Gasteiger partial charge in [-0.25, -0.2) is 9.97 Å². The summed E-state index contributed by atoms with van der Waals surface area (Å²) in [4.78, 5) is 10.9. The summed E-state index contributed by atoms with van der Waals surface area (Å²) in [5, 5.41) is 0. The van der Waals surface area contributed by atoms with Gasteiger partial charge in [0.2, 0.25) is 5.95 Å². The molecular formula is C14H19N3O2. The number of aromatic nitrogens is 2. The Morgan fingerprint density at radius 3 is 3.11 bits per heavy atom.